The topological polar surface area (TPSA) is 42.7 Å². The number of furan rings is 1. The van der Waals surface area contributed by atoms with Gasteiger partial charge in [-0.05, 0) is 53.2 Å². The van der Waals surface area contributed by atoms with Crippen LogP contribution in [0.3, 0.4) is 0 Å². The van der Waals surface area contributed by atoms with E-state index in [-0.39, 0.29) is 18.3 Å². The summed E-state index contributed by atoms with van der Waals surface area (Å²) in [7, 11) is 1.67. The van der Waals surface area contributed by atoms with Crippen molar-refractivity contribution in [1.82, 2.24) is 4.90 Å². The molecule has 0 fully saturated rings. The summed E-state index contributed by atoms with van der Waals surface area (Å²) in [5, 5.41) is 0. The van der Waals surface area contributed by atoms with E-state index in [1.54, 1.807) is 7.05 Å². The van der Waals surface area contributed by atoms with E-state index in [4.69, 9.17) is 9.15 Å². The number of hydrogen-bond donors (Lipinski definition) is 0. The van der Waals surface area contributed by atoms with Gasteiger partial charge in [-0.2, -0.15) is 0 Å². The summed E-state index contributed by atoms with van der Waals surface area (Å²) in [4.78, 5) is 13.5. The van der Waals surface area contributed by atoms with Gasteiger partial charge in [-0.1, -0.05) is 0 Å². The second-order valence-electron chi connectivity index (χ2n) is 4.63. The van der Waals surface area contributed by atoms with E-state index in [0.29, 0.717) is 22.5 Å². The molecule has 0 bridgehead atoms. The zero-order valence-electron chi connectivity index (χ0n) is 11.7. The number of nitrogens with zero attached hydrogens (tertiary/aromatic N) is 1. The van der Waals surface area contributed by atoms with Crippen molar-refractivity contribution in [3.05, 3.63) is 52.1 Å². The molecule has 0 aliphatic rings. The van der Waals surface area contributed by atoms with E-state index in [9.17, 15) is 9.18 Å². The molecule has 112 valence electrons. The fourth-order valence-corrected chi connectivity index (χ4v) is 2.20. The Labute approximate surface area is 130 Å². The first-order valence-electron chi connectivity index (χ1n) is 6.33. The first-order valence-corrected chi connectivity index (χ1v) is 7.12. The lowest BCUT2D eigenvalue weighted by atomic mass is 10.3. The largest absolute Gasteiger partial charge is 0.483 e. The Bertz CT molecular complexity index is 642. The molecule has 1 amide bonds. The smallest absolute Gasteiger partial charge is 0.260 e. The summed E-state index contributed by atoms with van der Waals surface area (Å²) in [6.45, 7) is 2.10. The zero-order chi connectivity index (χ0) is 15.4. The molecule has 1 heterocycles. The number of ether oxygens (including phenoxy) is 1. The van der Waals surface area contributed by atoms with E-state index in [0.717, 1.165) is 5.76 Å². The van der Waals surface area contributed by atoms with Gasteiger partial charge in [0.25, 0.3) is 5.91 Å². The maximum absolute atomic E-state index is 12.9. The third kappa shape index (κ3) is 4.32. The maximum Gasteiger partial charge on any atom is 0.260 e. The molecule has 2 aromatic rings. The summed E-state index contributed by atoms with van der Waals surface area (Å²) >= 11 is 3.19. The van der Waals surface area contributed by atoms with E-state index >= 15 is 0 Å². The van der Waals surface area contributed by atoms with Gasteiger partial charge in [0.1, 0.15) is 23.1 Å². The Morgan fingerprint density at radius 2 is 2.14 bits per heavy atom. The van der Waals surface area contributed by atoms with E-state index < -0.39 is 0 Å². The van der Waals surface area contributed by atoms with Crippen LogP contribution in [0.25, 0.3) is 0 Å². The molecule has 0 atom stereocenters. The summed E-state index contributed by atoms with van der Waals surface area (Å²) in [6, 6.07) is 7.72. The molecule has 1 aromatic carbocycles. The predicted molar refractivity (Wildman–Crippen MR) is 79.5 cm³/mol. The molecule has 21 heavy (non-hydrogen) atoms. The second kappa shape index (κ2) is 6.76. The van der Waals surface area contributed by atoms with Crippen molar-refractivity contribution in [2.45, 2.75) is 13.5 Å². The highest BCUT2D eigenvalue weighted by Crippen LogP contribution is 2.25. The number of benzene rings is 1. The number of hydrogen-bond acceptors (Lipinski definition) is 3. The molecule has 0 spiro atoms. The van der Waals surface area contributed by atoms with Crippen LogP contribution in [0.15, 0.2) is 39.2 Å². The average molecular weight is 356 g/mol. The third-order valence-electron chi connectivity index (χ3n) is 2.86. The quantitative estimate of drug-likeness (QED) is 0.823. The van der Waals surface area contributed by atoms with Crippen LogP contribution in [-0.2, 0) is 11.3 Å². The molecular weight excluding hydrogens is 341 g/mol. The van der Waals surface area contributed by atoms with Crippen LogP contribution in [0.1, 0.15) is 11.5 Å². The van der Waals surface area contributed by atoms with Gasteiger partial charge < -0.3 is 14.1 Å². The van der Waals surface area contributed by atoms with Crippen molar-refractivity contribution in [1.29, 1.82) is 0 Å². The maximum atomic E-state index is 12.9. The number of halogens is 2. The molecular formula is C15H15BrFNO3. The molecule has 0 unspecified atom stereocenters. The zero-order valence-corrected chi connectivity index (χ0v) is 13.3. The van der Waals surface area contributed by atoms with Gasteiger partial charge in [0.15, 0.2) is 6.61 Å². The highest BCUT2D eigenvalue weighted by molar-refractivity contribution is 9.10. The number of likely N-dealkylation sites (N-methyl/N-ethyl adjacent to an activating group) is 1. The first kappa shape index (κ1) is 15.6. The standard InChI is InChI=1S/C15H15BrFNO3/c1-10-3-5-12(21-10)8-18(2)15(19)9-20-14-6-4-11(17)7-13(14)16/h3-7H,8-9H2,1-2H3. The third-order valence-corrected chi connectivity index (χ3v) is 3.48. The second-order valence-corrected chi connectivity index (χ2v) is 5.48. The van der Waals surface area contributed by atoms with Crippen LogP contribution in [0.5, 0.6) is 5.75 Å². The molecule has 0 aliphatic heterocycles. The molecule has 0 aliphatic carbocycles. The van der Waals surface area contributed by atoms with Crippen molar-refractivity contribution in [3.8, 4) is 5.75 Å². The van der Waals surface area contributed by atoms with Crippen molar-refractivity contribution < 1.29 is 18.3 Å². The van der Waals surface area contributed by atoms with Gasteiger partial charge in [0.05, 0.1) is 11.0 Å². The first-order chi connectivity index (χ1) is 9.95. The van der Waals surface area contributed by atoms with Crippen LogP contribution < -0.4 is 4.74 Å². The van der Waals surface area contributed by atoms with Gasteiger partial charge >= 0.3 is 0 Å². The lowest BCUT2D eigenvalue weighted by Gasteiger charge is -2.16. The highest BCUT2D eigenvalue weighted by Gasteiger charge is 2.13. The molecule has 1 aromatic heterocycles. The number of rotatable bonds is 5. The van der Waals surface area contributed by atoms with Crippen LogP contribution in [0.4, 0.5) is 4.39 Å². The Morgan fingerprint density at radius 3 is 2.76 bits per heavy atom. The summed E-state index contributed by atoms with van der Waals surface area (Å²) in [5.74, 6) is 1.38. The molecule has 4 nitrogen and oxygen atoms in total. The van der Waals surface area contributed by atoms with Gasteiger partial charge in [-0.25, -0.2) is 4.39 Å². The Balaban J connectivity index is 1.89. The molecule has 0 saturated heterocycles. The van der Waals surface area contributed by atoms with Crippen LogP contribution in [0.2, 0.25) is 0 Å². The minimum atomic E-state index is -0.370. The normalized spacial score (nSPS) is 10.5. The van der Waals surface area contributed by atoms with Crippen molar-refractivity contribution in [2.24, 2.45) is 0 Å². The number of amides is 1. The summed E-state index contributed by atoms with van der Waals surface area (Å²) in [5.41, 5.74) is 0. The van der Waals surface area contributed by atoms with Gasteiger partial charge in [-0.3, -0.25) is 4.79 Å². The highest BCUT2D eigenvalue weighted by atomic mass is 79.9. The fraction of sp³-hybridized carbons (Fsp3) is 0.267. The Morgan fingerprint density at radius 1 is 1.38 bits per heavy atom. The van der Waals surface area contributed by atoms with Crippen LogP contribution >= 0.6 is 15.9 Å². The lowest BCUT2D eigenvalue weighted by molar-refractivity contribution is -0.132. The molecule has 0 N–H and O–H groups in total. The van der Waals surface area contributed by atoms with Gasteiger partial charge in [-0.15, -0.1) is 0 Å². The molecule has 0 radical (unpaired) electrons. The van der Waals surface area contributed by atoms with Crippen molar-refractivity contribution in [3.63, 3.8) is 0 Å². The molecule has 0 saturated carbocycles. The Hall–Kier alpha value is -1.82. The fourth-order valence-electron chi connectivity index (χ4n) is 1.73. The van der Waals surface area contributed by atoms with Crippen molar-refractivity contribution >= 4 is 21.8 Å². The number of carbonyl (C=O) groups excluding carboxylic acids is 1. The van der Waals surface area contributed by atoms with Crippen LogP contribution in [0, 0.1) is 12.7 Å². The van der Waals surface area contributed by atoms with E-state index in [2.05, 4.69) is 15.9 Å². The monoisotopic (exact) mass is 355 g/mol. The lowest BCUT2D eigenvalue weighted by Crippen LogP contribution is -2.30. The molecule has 6 heteroatoms. The van der Waals surface area contributed by atoms with E-state index in [1.165, 1.54) is 23.1 Å². The number of carbonyl (C=O) groups is 1. The van der Waals surface area contributed by atoms with Gasteiger partial charge in [0, 0.05) is 7.05 Å². The minimum Gasteiger partial charge on any atom is -0.483 e. The predicted octanol–water partition coefficient (Wildman–Crippen LogP) is 3.53. The number of aryl methyl sites for hydroxylation is 1. The summed E-state index contributed by atoms with van der Waals surface area (Å²) < 4.78 is 24.2. The van der Waals surface area contributed by atoms with Crippen molar-refractivity contribution in [2.75, 3.05) is 13.7 Å². The SMILES string of the molecule is Cc1ccc(CN(C)C(=O)COc2ccc(F)cc2Br)o1. The summed E-state index contributed by atoms with van der Waals surface area (Å²) in [6.07, 6.45) is 0. The van der Waals surface area contributed by atoms with Gasteiger partial charge in [0.2, 0.25) is 0 Å². The Kier molecular flexibility index (Phi) is 5.01. The van der Waals surface area contributed by atoms with Crippen LogP contribution in [-0.4, -0.2) is 24.5 Å². The molecule has 2 rings (SSSR count). The minimum absolute atomic E-state index is 0.125. The van der Waals surface area contributed by atoms with E-state index in [1.807, 2.05) is 19.1 Å². The average Bonchev–Trinajstić information content (AvgIpc) is 2.82.